The molecule has 0 aromatic heterocycles. The average Bonchev–Trinajstić information content (AvgIpc) is 3.73. The van der Waals surface area contributed by atoms with Crippen molar-refractivity contribution in [2.45, 2.75) is 11.6 Å². The quantitative estimate of drug-likeness (QED) is 0.433. The summed E-state index contributed by atoms with van der Waals surface area (Å²) in [4.78, 5) is 4.85. The van der Waals surface area contributed by atoms with Crippen LogP contribution in [-0.4, -0.2) is 17.6 Å². The first kappa shape index (κ1) is 26.7. The number of benzene rings is 3. The predicted molar refractivity (Wildman–Crippen MR) is 139 cm³/mol. The van der Waals surface area contributed by atoms with Crippen LogP contribution in [0.15, 0.2) is 96.0 Å². The number of ether oxygens (including phenoxy) is 1. The molecular weight excluding hydrogens is 486 g/mol. The van der Waals surface area contributed by atoms with Gasteiger partial charge in [-0.25, -0.2) is 4.99 Å². The van der Waals surface area contributed by atoms with Gasteiger partial charge in [0.2, 0.25) is 0 Å². The topological polar surface area (TPSA) is 41.8 Å². The van der Waals surface area contributed by atoms with Crippen LogP contribution in [-0.2, 0) is 27.4 Å². The Balaban J connectivity index is 0.000000455. The van der Waals surface area contributed by atoms with Crippen molar-refractivity contribution in [1.29, 1.82) is 0 Å². The van der Waals surface area contributed by atoms with Crippen LogP contribution in [0.25, 0.3) is 0 Å². The summed E-state index contributed by atoms with van der Waals surface area (Å²) in [7, 11) is 0. The van der Waals surface area contributed by atoms with E-state index in [4.69, 9.17) is 9.73 Å². The van der Waals surface area contributed by atoms with Crippen molar-refractivity contribution in [2.75, 3.05) is 6.61 Å². The SMILES string of the molecule is OC([C]1[CH][CH][CH][C]1C1=N[C@H](c2ccccc2)CO1)(c1ccccc1)c1ccccc1.[CH]1[CH][CH][CH][CH]1.[Fe+2]. The first-order chi connectivity index (χ1) is 17.3. The second-order valence-corrected chi connectivity index (χ2v) is 8.43. The van der Waals surface area contributed by atoms with Gasteiger partial charge in [0, 0.05) is 5.92 Å². The van der Waals surface area contributed by atoms with E-state index >= 15 is 0 Å². The fourth-order valence-electron chi connectivity index (χ4n) is 4.45. The summed E-state index contributed by atoms with van der Waals surface area (Å²) >= 11 is 0. The van der Waals surface area contributed by atoms with Crippen LogP contribution in [0.1, 0.15) is 22.7 Å². The first-order valence-corrected chi connectivity index (χ1v) is 11.8. The molecule has 1 atom stereocenters. The van der Waals surface area contributed by atoms with E-state index in [1.165, 1.54) is 0 Å². The number of aliphatic hydroxyl groups is 1. The van der Waals surface area contributed by atoms with Crippen molar-refractivity contribution in [3.8, 4) is 0 Å². The standard InChI is InChI=1S/C27H22NO2.C5H5.Fe/c29-27(21-13-6-2-7-14-21,22-15-8-3-9-16-22)24-18-10-17-23(24)26-28-25(19-30-26)20-11-4-1-5-12-20;1-2-4-5-3-1;/h1-18,25,29H,19H2;1-5H;/q;;+2/t25-;;/m0../s1. The second-order valence-electron chi connectivity index (χ2n) is 8.43. The fraction of sp³-hybridized carbons (Fsp3) is 0.0938. The Hall–Kier alpha value is -2.39. The van der Waals surface area contributed by atoms with E-state index in [1.54, 1.807) is 0 Å². The molecule has 0 saturated heterocycles. The maximum Gasteiger partial charge on any atom is 2.00 e. The zero-order valence-electron chi connectivity index (χ0n) is 19.7. The summed E-state index contributed by atoms with van der Waals surface area (Å²) in [6, 6.07) is 29.6. The molecule has 0 bridgehead atoms. The van der Waals surface area contributed by atoms with E-state index in [1.807, 2.05) is 130 Å². The summed E-state index contributed by atoms with van der Waals surface area (Å²) in [6.45, 7) is 0.499. The van der Waals surface area contributed by atoms with E-state index in [0.717, 1.165) is 28.5 Å². The number of nitrogens with zero attached hydrogens (tertiary/aromatic N) is 1. The van der Waals surface area contributed by atoms with Crippen LogP contribution in [0.4, 0.5) is 0 Å². The number of rotatable bonds is 5. The molecule has 0 spiro atoms. The normalized spacial score (nSPS) is 20.1. The first-order valence-electron chi connectivity index (χ1n) is 11.8. The Morgan fingerprint density at radius 1 is 0.667 bits per heavy atom. The molecule has 1 N–H and O–H groups in total. The molecule has 1 heterocycles. The molecule has 4 heteroatoms. The van der Waals surface area contributed by atoms with Gasteiger partial charge in [0.25, 0.3) is 0 Å². The summed E-state index contributed by atoms with van der Waals surface area (Å²) in [6.07, 6.45) is 15.9. The van der Waals surface area contributed by atoms with Crippen LogP contribution in [0.2, 0.25) is 0 Å². The van der Waals surface area contributed by atoms with Crippen molar-refractivity contribution < 1.29 is 26.9 Å². The minimum atomic E-state index is -1.31. The van der Waals surface area contributed by atoms with Crippen LogP contribution in [0, 0.1) is 63.2 Å². The third-order valence-corrected chi connectivity index (χ3v) is 6.21. The Bertz CT molecular complexity index is 1040. The molecule has 2 saturated carbocycles. The molecule has 178 valence electrons. The fourth-order valence-corrected chi connectivity index (χ4v) is 4.45. The van der Waals surface area contributed by atoms with E-state index in [-0.39, 0.29) is 23.1 Å². The van der Waals surface area contributed by atoms with Gasteiger partial charge in [-0.3, -0.25) is 0 Å². The third kappa shape index (κ3) is 5.78. The van der Waals surface area contributed by atoms with Crippen LogP contribution >= 0.6 is 0 Å². The van der Waals surface area contributed by atoms with E-state index in [2.05, 4.69) is 12.1 Å². The zero-order chi connectivity index (χ0) is 23.9. The number of aliphatic imine (C=N–C) groups is 1. The van der Waals surface area contributed by atoms with Crippen molar-refractivity contribution >= 4 is 5.90 Å². The van der Waals surface area contributed by atoms with Gasteiger partial charge in [-0.05, 0) is 68.1 Å². The molecule has 10 radical (unpaired) electrons. The average molecular weight is 513 g/mol. The Labute approximate surface area is 226 Å². The minimum Gasteiger partial charge on any atom is -0.478 e. The van der Waals surface area contributed by atoms with Crippen molar-refractivity contribution in [1.82, 2.24) is 0 Å². The summed E-state index contributed by atoms with van der Waals surface area (Å²) in [5, 5.41) is 12.1. The summed E-state index contributed by atoms with van der Waals surface area (Å²) < 4.78 is 6.01. The van der Waals surface area contributed by atoms with E-state index < -0.39 is 5.60 Å². The summed E-state index contributed by atoms with van der Waals surface area (Å²) in [5.41, 5.74) is 1.43. The molecular formula is C32H27FeNO2+2. The van der Waals surface area contributed by atoms with Crippen LogP contribution in [0.5, 0.6) is 0 Å². The smallest absolute Gasteiger partial charge is 0.478 e. The van der Waals surface area contributed by atoms with Gasteiger partial charge >= 0.3 is 17.1 Å². The summed E-state index contributed by atoms with van der Waals surface area (Å²) in [5.74, 6) is 2.17. The molecule has 0 amide bonds. The molecule has 3 aromatic rings. The molecule has 36 heavy (non-hydrogen) atoms. The Kier molecular flexibility index (Phi) is 9.42. The van der Waals surface area contributed by atoms with Gasteiger partial charge in [-0.1, -0.05) is 91.0 Å². The largest absolute Gasteiger partial charge is 2.00 e. The number of hydrogen-bond acceptors (Lipinski definition) is 3. The number of hydrogen-bond donors (Lipinski definition) is 1. The molecule has 2 aliphatic carbocycles. The third-order valence-electron chi connectivity index (χ3n) is 6.21. The second kappa shape index (κ2) is 12.7. The minimum absolute atomic E-state index is 0. The van der Waals surface area contributed by atoms with Crippen LogP contribution < -0.4 is 0 Å². The predicted octanol–water partition coefficient (Wildman–Crippen LogP) is 5.89. The van der Waals surface area contributed by atoms with Crippen molar-refractivity contribution in [2.24, 2.45) is 4.99 Å². The molecule has 3 aliphatic rings. The van der Waals surface area contributed by atoms with Crippen molar-refractivity contribution in [3.05, 3.63) is 171 Å². The monoisotopic (exact) mass is 513 g/mol. The molecule has 2 fully saturated rings. The zero-order valence-corrected chi connectivity index (χ0v) is 20.8. The van der Waals surface area contributed by atoms with Crippen molar-refractivity contribution in [3.63, 3.8) is 0 Å². The van der Waals surface area contributed by atoms with Gasteiger partial charge in [0.1, 0.15) is 18.2 Å². The van der Waals surface area contributed by atoms with E-state index in [9.17, 15) is 5.11 Å². The molecule has 3 aromatic carbocycles. The Morgan fingerprint density at radius 2 is 1.17 bits per heavy atom. The van der Waals surface area contributed by atoms with Gasteiger partial charge in [-0.2, -0.15) is 0 Å². The maximum absolute atomic E-state index is 12.1. The van der Waals surface area contributed by atoms with Gasteiger partial charge < -0.3 is 9.84 Å². The maximum atomic E-state index is 12.1. The van der Waals surface area contributed by atoms with Crippen LogP contribution in [0.3, 0.4) is 0 Å². The molecule has 0 unspecified atom stereocenters. The van der Waals surface area contributed by atoms with Gasteiger partial charge in [0.15, 0.2) is 5.90 Å². The molecule has 1 aliphatic heterocycles. The van der Waals surface area contributed by atoms with E-state index in [0.29, 0.717) is 12.5 Å². The van der Waals surface area contributed by atoms with Gasteiger partial charge in [-0.15, -0.1) is 0 Å². The molecule has 6 rings (SSSR count). The molecule has 3 nitrogen and oxygen atoms in total. The Morgan fingerprint density at radius 3 is 1.69 bits per heavy atom. The van der Waals surface area contributed by atoms with Gasteiger partial charge in [0.05, 0.1) is 5.92 Å².